The Bertz CT molecular complexity index is 414. The summed E-state index contributed by atoms with van der Waals surface area (Å²) in [5, 5.41) is 10.8. The maximum absolute atomic E-state index is 10.8. The van der Waals surface area contributed by atoms with E-state index >= 15 is 0 Å². The highest BCUT2D eigenvalue weighted by molar-refractivity contribution is 5.45. The second-order valence-corrected chi connectivity index (χ2v) is 4.58. The van der Waals surface area contributed by atoms with Crippen molar-refractivity contribution in [2.24, 2.45) is 5.73 Å². The smallest absolute Gasteiger partial charge is 0.310 e. The van der Waals surface area contributed by atoms with Crippen LogP contribution in [0.2, 0.25) is 0 Å². The zero-order valence-electron chi connectivity index (χ0n) is 9.59. The van der Waals surface area contributed by atoms with Crippen molar-refractivity contribution < 1.29 is 9.66 Å². The number of para-hydroxylation sites is 2. The van der Waals surface area contributed by atoms with E-state index in [2.05, 4.69) is 0 Å². The van der Waals surface area contributed by atoms with Gasteiger partial charge in [-0.15, -0.1) is 0 Å². The summed E-state index contributed by atoms with van der Waals surface area (Å²) in [6.45, 7) is 0.345. The molecule has 0 saturated heterocycles. The van der Waals surface area contributed by atoms with Crippen molar-refractivity contribution in [3.63, 3.8) is 0 Å². The van der Waals surface area contributed by atoms with Gasteiger partial charge in [0.2, 0.25) is 0 Å². The van der Waals surface area contributed by atoms with Crippen LogP contribution in [-0.4, -0.2) is 17.1 Å². The zero-order valence-corrected chi connectivity index (χ0v) is 9.59. The maximum atomic E-state index is 10.8. The van der Waals surface area contributed by atoms with Crippen molar-refractivity contribution in [1.29, 1.82) is 0 Å². The van der Waals surface area contributed by atoms with E-state index in [1.165, 1.54) is 6.07 Å². The van der Waals surface area contributed by atoms with E-state index in [9.17, 15) is 10.1 Å². The number of benzene rings is 1. The molecule has 1 aromatic carbocycles. The number of hydrogen-bond acceptors (Lipinski definition) is 4. The minimum Gasteiger partial charge on any atom is -0.485 e. The molecule has 0 heterocycles. The first-order chi connectivity index (χ1) is 8.11. The highest BCUT2D eigenvalue weighted by Crippen LogP contribution is 2.30. The summed E-state index contributed by atoms with van der Waals surface area (Å²) in [6.07, 6.45) is 4.06. The van der Waals surface area contributed by atoms with Crippen LogP contribution in [0.3, 0.4) is 0 Å². The van der Waals surface area contributed by atoms with Crippen LogP contribution in [0, 0.1) is 10.1 Å². The predicted octanol–water partition coefficient (Wildman–Crippen LogP) is 2.25. The summed E-state index contributed by atoms with van der Waals surface area (Å²) < 4.78 is 5.52. The third-order valence-corrected chi connectivity index (χ3v) is 3.18. The molecule has 92 valence electrons. The Morgan fingerprint density at radius 3 is 2.65 bits per heavy atom. The maximum Gasteiger partial charge on any atom is 0.310 e. The number of nitro groups is 1. The van der Waals surface area contributed by atoms with E-state index in [-0.39, 0.29) is 11.2 Å². The lowest BCUT2D eigenvalue weighted by Gasteiger charge is -2.23. The van der Waals surface area contributed by atoms with Crippen molar-refractivity contribution in [2.75, 3.05) is 6.61 Å². The lowest BCUT2D eigenvalue weighted by Crippen LogP contribution is -2.42. The van der Waals surface area contributed by atoms with Gasteiger partial charge in [0.05, 0.1) is 10.5 Å². The number of rotatable bonds is 4. The van der Waals surface area contributed by atoms with Gasteiger partial charge in [0.25, 0.3) is 0 Å². The van der Waals surface area contributed by atoms with Gasteiger partial charge in [-0.25, -0.2) is 0 Å². The molecule has 0 spiro atoms. The standard InChI is InChI=1S/C12H16N2O3/c13-12(7-3-4-8-12)9-17-11-6-2-1-5-10(11)14(15)16/h1-2,5-6H,3-4,7-9,13H2. The lowest BCUT2D eigenvalue weighted by atomic mass is 10.0. The summed E-state index contributed by atoms with van der Waals surface area (Å²) >= 11 is 0. The highest BCUT2D eigenvalue weighted by Gasteiger charge is 2.30. The fraction of sp³-hybridized carbons (Fsp3) is 0.500. The number of ether oxygens (including phenoxy) is 1. The number of nitrogens with zero attached hydrogens (tertiary/aromatic N) is 1. The van der Waals surface area contributed by atoms with E-state index in [0.717, 1.165) is 25.7 Å². The topological polar surface area (TPSA) is 78.4 Å². The number of nitrogens with two attached hydrogens (primary N) is 1. The summed E-state index contributed by atoms with van der Waals surface area (Å²) in [5.74, 6) is 0.300. The molecule has 1 aliphatic rings. The van der Waals surface area contributed by atoms with Gasteiger partial charge in [0, 0.05) is 6.07 Å². The van der Waals surface area contributed by atoms with Crippen LogP contribution in [0.4, 0.5) is 5.69 Å². The van der Waals surface area contributed by atoms with Crippen LogP contribution >= 0.6 is 0 Å². The molecular weight excluding hydrogens is 220 g/mol. The average molecular weight is 236 g/mol. The van der Waals surface area contributed by atoms with E-state index in [4.69, 9.17) is 10.5 Å². The highest BCUT2D eigenvalue weighted by atomic mass is 16.6. The molecule has 17 heavy (non-hydrogen) atoms. The third kappa shape index (κ3) is 2.74. The molecule has 1 aromatic rings. The van der Waals surface area contributed by atoms with E-state index in [1.54, 1.807) is 18.2 Å². The first kappa shape index (κ1) is 11.9. The number of nitro benzene ring substituents is 1. The quantitative estimate of drug-likeness (QED) is 0.642. The largest absolute Gasteiger partial charge is 0.485 e. The molecule has 5 heteroatoms. The van der Waals surface area contributed by atoms with Gasteiger partial charge in [0.1, 0.15) is 6.61 Å². The molecule has 5 nitrogen and oxygen atoms in total. The first-order valence-corrected chi connectivity index (χ1v) is 5.76. The SMILES string of the molecule is NC1(COc2ccccc2[N+](=O)[O-])CCCC1. The Balaban J connectivity index is 2.06. The Hall–Kier alpha value is -1.62. The van der Waals surface area contributed by atoms with Crippen molar-refractivity contribution >= 4 is 5.69 Å². The van der Waals surface area contributed by atoms with E-state index in [1.807, 2.05) is 0 Å². The van der Waals surface area contributed by atoms with Crippen molar-refractivity contribution in [2.45, 2.75) is 31.2 Å². The van der Waals surface area contributed by atoms with Crippen molar-refractivity contribution in [3.05, 3.63) is 34.4 Å². The van der Waals surface area contributed by atoms with Gasteiger partial charge in [-0.1, -0.05) is 25.0 Å². The van der Waals surface area contributed by atoms with Gasteiger partial charge in [0.15, 0.2) is 5.75 Å². The molecule has 0 amide bonds. The molecule has 0 radical (unpaired) electrons. The monoisotopic (exact) mass is 236 g/mol. The molecule has 2 N–H and O–H groups in total. The van der Waals surface area contributed by atoms with Gasteiger partial charge >= 0.3 is 5.69 Å². The molecule has 0 aromatic heterocycles. The second kappa shape index (κ2) is 4.71. The molecule has 0 unspecified atom stereocenters. The van der Waals surface area contributed by atoms with Crippen LogP contribution in [0.1, 0.15) is 25.7 Å². The Morgan fingerprint density at radius 2 is 2.00 bits per heavy atom. The summed E-state index contributed by atoms with van der Waals surface area (Å²) in [5.41, 5.74) is 5.82. The Labute approximate surface area is 99.7 Å². The summed E-state index contributed by atoms with van der Waals surface area (Å²) in [6, 6.07) is 6.39. The molecule has 1 fully saturated rings. The minimum absolute atomic E-state index is 0.00547. The summed E-state index contributed by atoms with van der Waals surface area (Å²) in [4.78, 5) is 10.4. The molecule has 1 saturated carbocycles. The lowest BCUT2D eigenvalue weighted by molar-refractivity contribution is -0.385. The molecular formula is C12H16N2O3. The third-order valence-electron chi connectivity index (χ3n) is 3.18. The van der Waals surface area contributed by atoms with Gasteiger partial charge in [-0.2, -0.15) is 0 Å². The van der Waals surface area contributed by atoms with Crippen LogP contribution in [-0.2, 0) is 0 Å². The predicted molar refractivity (Wildman–Crippen MR) is 64.0 cm³/mol. The zero-order chi connectivity index (χ0) is 12.3. The molecule has 1 aliphatic carbocycles. The van der Waals surface area contributed by atoms with E-state index in [0.29, 0.717) is 12.4 Å². The molecule has 2 rings (SSSR count). The molecule has 0 aliphatic heterocycles. The van der Waals surface area contributed by atoms with Crippen LogP contribution in [0.15, 0.2) is 24.3 Å². The first-order valence-electron chi connectivity index (χ1n) is 5.76. The van der Waals surface area contributed by atoms with Crippen LogP contribution in [0.5, 0.6) is 5.75 Å². The normalized spacial score (nSPS) is 17.9. The summed E-state index contributed by atoms with van der Waals surface area (Å²) in [7, 11) is 0. The van der Waals surface area contributed by atoms with Gasteiger partial charge < -0.3 is 10.5 Å². The number of hydrogen-bond donors (Lipinski definition) is 1. The minimum atomic E-state index is -0.437. The van der Waals surface area contributed by atoms with Crippen LogP contribution < -0.4 is 10.5 Å². The van der Waals surface area contributed by atoms with Crippen LogP contribution in [0.25, 0.3) is 0 Å². The Morgan fingerprint density at radius 1 is 1.35 bits per heavy atom. The molecule has 0 atom stereocenters. The second-order valence-electron chi connectivity index (χ2n) is 4.58. The fourth-order valence-corrected chi connectivity index (χ4v) is 2.17. The van der Waals surface area contributed by atoms with Gasteiger partial charge in [-0.3, -0.25) is 10.1 Å². The average Bonchev–Trinajstić information content (AvgIpc) is 2.74. The molecule has 0 bridgehead atoms. The van der Waals surface area contributed by atoms with Crippen molar-refractivity contribution in [1.82, 2.24) is 0 Å². The van der Waals surface area contributed by atoms with E-state index < -0.39 is 4.92 Å². The van der Waals surface area contributed by atoms with Crippen molar-refractivity contribution in [3.8, 4) is 5.75 Å². The Kier molecular flexibility index (Phi) is 3.28. The fourth-order valence-electron chi connectivity index (χ4n) is 2.17. The van der Waals surface area contributed by atoms with Gasteiger partial charge in [-0.05, 0) is 18.9 Å².